The van der Waals surface area contributed by atoms with Gasteiger partial charge in [0.15, 0.2) is 5.13 Å². The van der Waals surface area contributed by atoms with E-state index in [1.54, 1.807) is 49.6 Å². The molecule has 2 atom stereocenters. The SMILES string of the molecule is COc1ccc2nc(N3C(=O)C(=O)C(=C(O)c4ccc5c(c4)C[C@H](C)O5)[C@@H]3c3ccccc3F)sc2c1. The second-order valence-corrected chi connectivity index (χ2v) is 9.98. The Hall–Kier alpha value is -4.24. The van der Waals surface area contributed by atoms with Crippen molar-refractivity contribution in [2.24, 2.45) is 0 Å². The van der Waals surface area contributed by atoms with Gasteiger partial charge in [-0.25, -0.2) is 9.37 Å². The smallest absolute Gasteiger partial charge is 0.301 e. The summed E-state index contributed by atoms with van der Waals surface area (Å²) < 4.78 is 26.9. The maximum absolute atomic E-state index is 15.1. The molecule has 0 saturated carbocycles. The number of carbonyl (C=O) groups is 2. The molecule has 0 unspecified atom stereocenters. The molecule has 7 nitrogen and oxygen atoms in total. The Morgan fingerprint density at radius 3 is 2.76 bits per heavy atom. The van der Waals surface area contributed by atoms with Crippen molar-refractivity contribution in [1.29, 1.82) is 0 Å². The lowest BCUT2D eigenvalue weighted by atomic mass is 9.94. The predicted molar refractivity (Wildman–Crippen MR) is 138 cm³/mol. The first-order valence-corrected chi connectivity index (χ1v) is 12.5. The van der Waals surface area contributed by atoms with Gasteiger partial charge in [0.25, 0.3) is 5.78 Å². The Morgan fingerprint density at radius 2 is 1.97 bits per heavy atom. The van der Waals surface area contributed by atoms with Crippen LogP contribution in [0.15, 0.2) is 66.2 Å². The van der Waals surface area contributed by atoms with Gasteiger partial charge in [-0.05, 0) is 55.0 Å². The lowest BCUT2D eigenvalue weighted by Gasteiger charge is -2.23. The fourth-order valence-electron chi connectivity index (χ4n) is 4.87. The number of rotatable bonds is 4. The maximum Gasteiger partial charge on any atom is 0.301 e. The summed E-state index contributed by atoms with van der Waals surface area (Å²) in [7, 11) is 1.55. The standard InChI is InChI=1S/C28H21FN2O5S/c1-14-11-16-12-15(7-10-21(16)36-14)25(32)23-24(18-5-3-4-6-19(18)29)31(27(34)26(23)33)28-30-20-9-8-17(35-2)13-22(20)37-28/h3-10,12-14,24,32H,11H2,1-2H3/t14-,24-/m0/s1. The minimum absolute atomic E-state index is 0.00551. The van der Waals surface area contributed by atoms with E-state index in [1.807, 2.05) is 6.92 Å². The van der Waals surface area contributed by atoms with Crippen molar-refractivity contribution < 1.29 is 28.6 Å². The number of aliphatic hydroxyl groups excluding tert-OH is 1. The summed E-state index contributed by atoms with van der Waals surface area (Å²) >= 11 is 1.18. The van der Waals surface area contributed by atoms with Crippen molar-refractivity contribution in [3.8, 4) is 11.5 Å². The Kier molecular flexibility index (Phi) is 5.45. The highest BCUT2D eigenvalue weighted by atomic mass is 32.1. The van der Waals surface area contributed by atoms with Gasteiger partial charge in [0.2, 0.25) is 0 Å². The zero-order chi connectivity index (χ0) is 25.8. The van der Waals surface area contributed by atoms with Crippen LogP contribution in [-0.4, -0.2) is 35.0 Å². The number of Topliss-reactive ketones (excluding diaryl/α,β-unsaturated/α-hetero) is 1. The van der Waals surface area contributed by atoms with Gasteiger partial charge < -0.3 is 14.6 Å². The second-order valence-electron chi connectivity index (χ2n) is 8.98. The summed E-state index contributed by atoms with van der Waals surface area (Å²) in [5.74, 6) is -1.46. The first kappa shape index (κ1) is 23.2. The number of thiazole rings is 1. The Morgan fingerprint density at radius 1 is 1.16 bits per heavy atom. The predicted octanol–water partition coefficient (Wildman–Crippen LogP) is 5.39. The second kappa shape index (κ2) is 8.70. The highest BCUT2D eigenvalue weighted by Crippen LogP contribution is 2.45. The minimum Gasteiger partial charge on any atom is -0.507 e. The topological polar surface area (TPSA) is 89.0 Å². The van der Waals surface area contributed by atoms with E-state index in [1.165, 1.54) is 34.4 Å². The van der Waals surface area contributed by atoms with Crippen molar-refractivity contribution in [3.05, 3.63) is 88.7 Å². The van der Waals surface area contributed by atoms with E-state index >= 15 is 4.39 Å². The zero-order valence-electron chi connectivity index (χ0n) is 19.9. The van der Waals surface area contributed by atoms with Gasteiger partial charge in [-0.3, -0.25) is 14.5 Å². The molecule has 9 heteroatoms. The van der Waals surface area contributed by atoms with Crippen molar-refractivity contribution >= 4 is 44.1 Å². The number of ether oxygens (including phenoxy) is 2. The molecule has 1 saturated heterocycles. The number of hydrogen-bond acceptors (Lipinski definition) is 7. The number of methoxy groups -OCH3 is 1. The summed E-state index contributed by atoms with van der Waals surface area (Å²) in [6, 6.07) is 15.1. The normalized spacial score (nSPS) is 20.4. The first-order valence-electron chi connectivity index (χ1n) is 11.7. The number of halogens is 1. The first-order chi connectivity index (χ1) is 17.9. The number of aromatic nitrogens is 1. The third-order valence-electron chi connectivity index (χ3n) is 6.60. The van der Waals surface area contributed by atoms with Crippen molar-refractivity contribution in [2.75, 3.05) is 12.0 Å². The summed E-state index contributed by atoms with van der Waals surface area (Å²) in [5.41, 5.74) is 1.72. The van der Waals surface area contributed by atoms with Crippen LogP contribution in [0, 0.1) is 5.82 Å². The average molecular weight is 517 g/mol. The Labute approximate surface area is 215 Å². The van der Waals surface area contributed by atoms with E-state index in [2.05, 4.69) is 4.98 Å². The number of ketones is 1. The molecule has 186 valence electrons. The van der Waals surface area contributed by atoms with E-state index < -0.39 is 23.5 Å². The molecule has 1 amide bonds. The van der Waals surface area contributed by atoms with E-state index in [4.69, 9.17) is 9.47 Å². The zero-order valence-corrected chi connectivity index (χ0v) is 20.7. The molecule has 1 fully saturated rings. The largest absolute Gasteiger partial charge is 0.507 e. The third kappa shape index (κ3) is 3.74. The number of fused-ring (bicyclic) bond motifs is 2. The fourth-order valence-corrected chi connectivity index (χ4v) is 5.89. The molecule has 3 aromatic carbocycles. The lowest BCUT2D eigenvalue weighted by Crippen LogP contribution is -2.29. The molecule has 3 heterocycles. The van der Waals surface area contributed by atoms with E-state index in [9.17, 15) is 14.7 Å². The number of benzene rings is 3. The van der Waals surface area contributed by atoms with E-state index in [0.717, 1.165) is 10.3 Å². The molecule has 4 aromatic rings. The van der Waals surface area contributed by atoms with Crippen LogP contribution in [0.3, 0.4) is 0 Å². The summed E-state index contributed by atoms with van der Waals surface area (Å²) in [6.45, 7) is 1.94. The molecule has 1 N–H and O–H groups in total. The van der Waals surface area contributed by atoms with Gasteiger partial charge in [0, 0.05) is 17.5 Å². The molecule has 0 bridgehead atoms. The van der Waals surface area contributed by atoms with Crippen LogP contribution < -0.4 is 14.4 Å². The maximum atomic E-state index is 15.1. The molecule has 6 rings (SSSR count). The van der Waals surface area contributed by atoms with Gasteiger partial charge in [-0.2, -0.15) is 0 Å². The number of hydrogen-bond donors (Lipinski definition) is 1. The molecular weight excluding hydrogens is 495 g/mol. The van der Waals surface area contributed by atoms with Gasteiger partial charge in [0.1, 0.15) is 35.2 Å². The summed E-state index contributed by atoms with van der Waals surface area (Å²) in [4.78, 5) is 32.5. The van der Waals surface area contributed by atoms with Crippen LogP contribution >= 0.6 is 11.3 Å². The number of carbonyl (C=O) groups excluding carboxylic acids is 2. The van der Waals surface area contributed by atoms with Crippen LogP contribution in [0.1, 0.15) is 29.7 Å². The van der Waals surface area contributed by atoms with Crippen LogP contribution in [0.25, 0.3) is 16.0 Å². The van der Waals surface area contributed by atoms with Gasteiger partial charge in [-0.15, -0.1) is 0 Å². The van der Waals surface area contributed by atoms with E-state index in [-0.39, 0.29) is 28.1 Å². The van der Waals surface area contributed by atoms with Gasteiger partial charge >= 0.3 is 5.91 Å². The quantitative estimate of drug-likeness (QED) is 0.222. The van der Waals surface area contributed by atoms with Gasteiger partial charge in [-0.1, -0.05) is 29.5 Å². The highest BCUT2D eigenvalue weighted by molar-refractivity contribution is 7.22. The Bertz CT molecular complexity index is 1630. The summed E-state index contributed by atoms with van der Waals surface area (Å²) in [5, 5.41) is 11.6. The monoisotopic (exact) mass is 516 g/mol. The minimum atomic E-state index is -1.20. The number of anilines is 1. The molecule has 0 radical (unpaired) electrons. The van der Waals surface area contributed by atoms with Crippen LogP contribution in [0.4, 0.5) is 9.52 Å². The Balaban J connectivity index is 1.54. The van der Waals surface area contributed by atoms with Crippen LogP contribution in [-0.2, 0) is 16.0 Å². The van der Waals surface area contributed by atoms with Gasteiger partial charge in [0.05, 0.1) is 22.9 Å². The fraction of sp³-hybridized carbons (Fsp3) is 0.179. The molecule has 2 aliphatic heterocycles. The van der Waals surface area contributed by atoms with Crippen molar-refractivity contribution in [2.45, 2.75) is 25.5 Å². The number of aliphatic hydroxyl groups is 1. The van der Waals surface area contributed by atoms with Crippen molar-refractivity contribution in [3.63, 3.8) is 0 Å². The molecule has 1 aromatic heterocycles. The molecule has 37 heavy (non-hydrogen) atoms. The third-order valence-corrected chi connectivity index (χ3v) is 7.62. The molecule has 0 aliphatic carbocycles. The molecule has 0 spiro atoms. The molecule has 2 aliphatic rings. The van der Waals surface area contributed by atoms with Crippen LogP contribution in [0.2, 0.25) is 0 Å². The number of nitrogens with zero attached hydrogens (tertiary/aromatic N) is 2. The van der Waals surface area contributed by atoms with E-state index in [0.29, 0.717) is 29.0 Å². The summed E-state index contributed by atoms with van der Waals surface area (Å²) in [6.07, 6.45) is 0.644. The molecular formula is C28H21FN2O5S. The number of amides is 1. The average Bonchev–Trinajstić information content (AvgIpc) is 3.55. The van der Waals surface area contributed by atoms with Crippen LogP contribution in [0.5, 0.6) is 11.5 Å². The van der Waals surface area contributed by atoms with Crippen molar-refractivity contribution in [1.82, 2.24) is 4.98 Å². The lowest BCUT2D eigenvalue weighted by molar-refractivity contribution is -0.132. The highest BCUT2D eigenvalue weighted by Gasteiger charge is 2.49.